The number of hydrogen-bond donors (Lipinski definition) is 1. The lowest BCUT2D eigenvalue weighted by Gasteiger charge is -2.12. The van der Waals surface area contributed by atoms with E-state index in [1.54, 1.807) is 6.20 Å². The van der Waals surface area contributed by atoms with Gasteiger partial charge in [-0.1, -0.05) is 29.8 Å². The summed E-state index contributed by atoms with van der Waals surface area (Å²) in [5.41, 5.74) is 3.24. The van der Waals surface area contributed by atoms with Crippen molar-refractivity contribution in [3.05, 3.63) is 47.7 Å². The molecule has 1 fully saturated rings. The molecule has 0 aliphatic heterocycles. The van der Waals surface area contributed by atoms with E-state index in [9.17, 15) is 0 Å². The molecule has 0 amide bonds. The van der Waals surface area contributed by atoms with E-state index in [-0.39, 0.29) is 0 Å². The molecule has 0 bridgehead atoms. The zero-order valence-corrected chi connectivity index (χ0v) is 10.8. The smallest absolute Gasteiger partial charge is 0.0607 e. The summed E-state index contributed by atoms with van der Waals surface area (Å²) in [5.74, 6) is 0.837. The normalized spacial score (nSPS) is 14.5. The van der Waals surface area contributed by atoms with Crippen LogP contribution in [0.2, 0.25) is 5.02 Å². The molecule has 2 nitrogen and oxygen atoms in total. The van der Waals surface area contributed by atoms with E-state index >= 15 is 0 Å². The van der Waals surface area contributed by atoms with E-state index in [1.165, 1.54) is 12.8 Å². The van der Waals surface area contributed by atoms with Crippen LogP contribution in [-0.4, -0.2) is 11.5 Å². The number of pyridine rings is 1. The van der Waals surface area contributed by atoms with Gasteiger partial charge in [-0.15, -0.1) is 0 Å². The van der Waals surface area contributed by atoms with Gasteiger partial charge in [0.2, 0.25) is 0 Å². The Morgan fingerprint density at radius 1 is 1.17 bits per heavy atom. The number of anilines is 1. The first-order valence-corrected chi connectivity index (χ1v) is 6.65. The predicted molar refractivity (Wildman–Crippen MR) is 75.9 cm³/mol. The van der Waals surface area contributed by atoms with Crippen LogP contribution in [0.25, 0.3) is 11.1 Å². The second-order valence-corrected chi connectivity index (χ2v) is 5.13. The van der Waals surface area contributed by atoms with Crippen molar-refractivity contribution in [2.45, 2.75) is 12.8 Å². The maximum atomic E-state index is 6.26. The first-order valence-electron chi connectivity index (χ1n) is 6.27. The van der Waals surface area contributed by atoms with Crippen LogP contribution >= 0.6 is 11.6 Å². The van der Waals surface area contributed by atoms with Gasteiger partial charge in [-0.25, -0.2) is 0 Å². The van der Waals surface area contributed by atoms with Gasteiger partial charge in [0.05, 0.1) is 11.9 Å². The van der Waals surface area contributed by atoms with E-state index < -0.39 is 0 Å². The number of aromatic nitrogens is 1. The molecule has 18 heavy (non-hydrogen) atoms. The topological polar surface area (TPSA) is 24.9 Å². The molecule has 0 atom stereocenters. The minimum absolute atomic E-state index is 0.776. The van der Waals surface area contributed by atoms with Gasteiger partial charge in [-0.2, -0.15) is 0 Å². The van der Waals surface area contributed by atoms with Gasteiger partial charge in [0, 0.05) is 28.9 Å². The van der Waals surface area contributed by atoms with Gasteiger partial charge >= 0.3 is 0 Å². The molecule has 3 rings (SSSR count). The fourth-order valence-corrected chi connectivity index (χ4v) is 2.26. The van der Waals surface area contributed by atoms with Crippen LogP contribution in [-0.2, 0) is 0 Å². The molecular formula is C15H15ClN2. The zero-order chi connectivity index (χ0) is 12.4. The number of nitrogens with one attached hydrogen (secondary N) is 1. The molecule has 92 valence electrons. The highest BCUT2D eigenvalue weighted by molar-refractivity contribution is 6.33. The SMILES string of the molecule is Clc1ccccc1-c1ccncc1NCC1CC1. The highest BCUT2D eigenvalue weighted by atomic mass is 35.5. The van der Waals surface area contributed by atoms with Crippen LogP contribution in [0.5, 0.6) is 0 Å². The fraction of sp³-hybridized carbons (Fsp3) is 0.267. The number of hydrogen-bond acceptors (Lipinski definition) is 2. The van der Waals surface area contributed by atoms with Crippen molar-refractivity contribution in [3.8, 4) is 11.1 Å². The molecule has 1 aliphatic carbocycles. The Morgan fingerprint density at radius 3 is 2.78 bits per heavy atom. The van der Waals surface area contributed by atoms with Crippen LogP contribution < -0.4 is 5.32 Å². The molecule has 0 unspecified atom stereocenters. The average Bonchev–Trinajstić information content (AvgIpc) is 3.22. The maximum absolute atomic E-state index is 6.26. The molecule has 1 N–H and O–H groups in total. The van der Waals surface area contributed by atoms with Gasteiger partial charge in [0.1, 0.15) is 0 Å². The Morgan fingerprint density at radius 2 is 2.00 bits per heavy atom. The van der Waals surface area contributed by atoms with E-state index in [4.69, 9.17) is 11.6 Å². The lowest BCUT2D eigenvalue weighted by Crippen LogP contribution is -2.04. The van der Waals surface area contributed by atoms with Crippen molar-refractivity contribution in [2.75, 3.05) is 11.9 Å². The van der Waals surface area contributed by atoms with Gasteiger partial charge in [0.25, 0.3) is 0 Å². The summed E-state index contributed by atoms with van der Waals surface area (Å²) in [4.78, 5) is 4.19. The Labute approximate surface area is 112 Å². The Kier molecular flexibility index (Phi) is 3.20. The standard InChI is InChI=1S/C15H15ClN2/c16-14-4-2-1-3-12(14)13-7-8-17-10-15(13)18-9-11-5-6-11/h1-4,7-8,10-11,18H,5-6,9H2. The number of nitrogens with zero attached hydrogens (tertiary/aromatic N) is 1. The molecule has 1 heterocycles. The van der Waals surface area contributed by atoms with E-state index in [1.807, 2.05) is 36.5 Å². The van der Waals surface area contributed by atoms with E-state index in [0.29, 0.717) is 0 Å². The molecule has 0 radical (unpaired) electrons. The fourth-order valence-electron chi connectivity index (χ4n) is 2.03. The second-order valence-electron chi connectivity index (χ2n) is 4.73. The van der Waals surface area contributed by atoms with Gasteiger partial charge in [-0.05, 0) is 30.9 Å². The quantitative estimate of drug-likeness (QED) is 0.888. The molecule has 0 spiro atoms. The Hall–Kier alpha value is -1.54. The van der Waals surface area contributed by atoms with Crippen molar-refractivity contribution >= 4 is 17.3 Å². The van der Waals surface area contributed by atoms with Crippen molar-refractivity contribution in [2.24, 2.45) is 5.92 Å². The predicted octanol–water partition coefficient (Wildman–Crippen LogP) is 4.22. The minimum Gasteiger partial charge on any atom is -0.383 e. The molecule has 1 aromatic carbocycles. The van der Waals surface area contributed by atoms with Crippen molar-refractivity contribution < 1.29 is 0 Å². The van der Waals surface area contributed by atoms with Crippen LogP contribution in [0, 0.1) is 5.92 Å². The summed E-state index contributed by atoms with van der Waals surface area (Å²) in [5, 5.41) is 4.26. The highest BCUT2D eigenvalue weighted by Crippen LogP contribution is 2.34. The summed E-state index contributed by atoms with van der Waals surface area (Å²) >= 11 is 6.26. The van der Waals surface area contributed by atoms with Gasteiger partial charge in [-0.3, -0.25) is 4.98 Å². The minimum atomic E-state index is 0.776. The lowest BCUT2D eigenvalue weighted by molar-refractivity contribution is 0.888. The zero-order valence-electron chi connectivity index (χ0n) is 10.1. The molecule has 1 aliphatic rings. The van der Waals surface area contributed by atoms with E-state index in [0.717, 1.165) is 34.3 Å². The van der Waals surface area contributed by atoms with Crippen LogP contribution in [0.3, 0.4) is 0 Å². The molecule has 3 heteroatoms. The lowest BCUT2D eigenvalue weighted by atomic mass is 10.1. The number of halogens is 1. The number of benzene rings is 1. The third-order valence-corrected chi connectivity index (χ3v) is 3.59. The molecule has 2 aromatic rings. The molecule has 0 saturated heterocycles. The van der Waals surface area contributed by atoms with Crippen molar-refractivity contribution in [3.63, 3.8) is 0 Å². The summed E-state index contributed by atoms with van der Waals surface area (Å²) in [6.07, 6.45) is 6.37. The van der Waals surface area contributed by atoms with Crippen molar-refractivity contribution in [1.29, 1.82) is 0 Å². The molecular weight excluding hydrogens is 244 g/mol. The first-order chi connectivity index (χ1) is 8.84. The van der Waals surface area contributed by atoms with Gasteiger partial charge in [0.15, 0.2) is 0 Å². The Bertz CT molecular complexity index is 550. The van der Waals surface area contributed by atoms with Crippen LogP contribution in [0.1, 0.15) is 12.8 Å². The first kappa shape index (κ1) is 11.5. The molecule has 1 saturated carbocycles. The van der Waals surface area contributed by atoms with Crippen LogP contribution in [0.15, 0.2) is 42.7 Å². The Balaban J connectivity index is 1.92. The van der Waals surface area contributed by atoms with Gasteiger partial charge < -0.3 is 5.32 Å². The maximum Gasteiger partial charge on any atom is 0.0607 e. The monoisotopic (exact) mass is 258 g/mol. The third-order valence-electron chi connectivity index (χ3n) is 3.26. The summed E-state index contributed by atoms with van der Waals surface area (Å²) in [6, 6.07) is 9.93. The average molecular weight is 259 g/mol. The van der Waals surface area contributed by atoms with E-state index in [2.05, 4.69) is 10.3 Å². The summed E-state index contributed by atoms with van der Waals surface area (Å²) in [6.45, 7) is 1.03. The number of rotatable bonds is 4. The third kappa shape index (κ3) is 2.49. The second kappa shape index (κ2) is 4.99. The van der Waals surface area contributed by atoms with Crippen LogP contribution in [0.4, 0.5) is 5.69 Å². The summed E-state index contributed by atoms with van der Waals surface area (Å²) < 4.78 is 0. The molecule has 1 aromatic heterocycles. The highest BCUT2D eigenvalue weighted by Gasteiger charge is 2.21. The summed E-state index contributed by atoms with van der Waals surface area (Å²) in [7, 11) is 0. The largest absolute Gasteiger partial charge is 0.383 e. The van der Waals surface area contributed by atoms with Crippen molar-refractivity contribution in [1.82, 2.24) is 4.98 Å².